The molecular weight excluding hydrogens is 270 g/mol. The summed E-state index contributed by atoms with van der Waals surface area (Å²) in [6, 6.07) is 5.40. The van der Waals surface area contributed by atoms with Gasteiger partial charge in [-0.05, 0) is 30.2 Å². The molecule has 0 aliphatic heterocycles. The highest BCUT2D eigenvalue weighted by Gasteiger charge is 2.53. The first-order valence-corrected chi connectivity index (χ1v) is 6.55. The van der Waals surface area contributed by atoms with Crippen LogP contribution in [0.25, 0.3) is 0 Å². The van der Waals surface area contributed by atoms with E-state index in [9.17, 15) is 14.9 Å². The standard InChI is InChI=1S/C16H15NO4/c1-3-20-15(19)16(10-17)8-12(9-18)7-11(2)14(16)13-5-4-6-21-13/h4-7,9,14H,2-3,8H2,1H3/t14-,16+/m1/s1. The Kier molecular flexibility index (Phi) is 4.08. The van der Waals surface area contributed by atoms with Crippen molar-refractivity contribution in [1.82, 2.24) is 0 Å². The molecule has 0 fully saturated rings. The van der Waals surface area contributed by atoms with Gasteiger partial charge in [0.15, 0.2) is 5.41 Å². The van der Waals surface area contributed by atoms with Crippen molar-refractivity contribution in [2.45, 2.75) is 19.3 Å². The number of hydrogen-bond acceptors (Lipinski definition) is 5. The molecule has 1 aromatic rings. The first-order chi connectivity index (χ1) is 10.1. The third-order valence-electron chi connectivity index (χ3n) is 3.54. The molecule has 0 saturated heterocycles. The predicted molar refractivity (Wildman–Crippen MR) is 74.0 cm³/mol. The summed E-state index contributed by atoms with van der Waals surface area (Å²) in [5, 5.41) is 9.66. The molecule has 21 heavy (non-hydrogen) atoms. The molecule has 0 aromatic carbocycles. The topological polar surface area (TPSA) is 80.3 Å². The summed E-state index contributed by atoms with van der Waals surface area (Å²) in [5.74, 6) is -0.876. The fraction of sp³-hybridized carbons (Fsp3) is 0.312. The van der Waals surface area contributed by atoms with Gasteiger partial charge in [0.25, 0.3) is 0 Å². The molecule has 0 saturated carbocycles. The molecule has 1 aliphatic rings. The summed E-state index contributed by atoms with van der Waals surface area (Å²) in [6.45, 7) is 5.70. The van der Waals surface area contributed by atoms with Gasteiger partial charge in [-0.2, -0.15) is 5.26 Å². The summed E-state index contributed by atoms with van der Waals surface area (Å²) in [5.41, 5.74) is -0.707. The van der Waals surface area contributed by atoms with Crippen molar-refractivity contribution in [3.8, 4) is 6.07 Å². The van der Waals surface area contributed by atoms with Crippen LogP contribution in [-0.4, -0.2) is 18.9 Å². The van der Waals surface area contributed by atoms with E-state index in [4.69, 9.17) is 9.15 Å². The summed E-state index contributed by atoms with van der Waals surface area (Å²) in [4.78, 5) is 23.5. The first-order valence-electron chi connectivity index (χ1n) is 6.55. The predicted octanol–water partition coefficient (Wildman–Crippen LogP) is 2.52. The molecule has 5 nitrogen and oxygen atoms in total. The van der Waals surface area contributed by atoms with Gasteiger partial charge in [-0.3, -0.25) is 9.59 Å². The van der Waals surface area contributed by atoms with Crippen molar-refractivity contribution in [1.29, 1.82) is 5.26 Å². The molecule has 0 spiro atoms. The van der Waals surface area contributed by atoms with Gasteiger partial charge < -0.3 is 9.15 Å². The van der Waals surface area contributed by atoms with Crippen molar-refractivity contribution in [2.75, 3.05) is 6.61 Å². The van der Waals surface area contributed by atoms with E-state index in [-0.39, 0.29) is 13.0 Å². The second kappa shape index (κ2) is 5.80. The molecule has 0 unspecified atom stereocenters. The lowest BCUT2D eigenvalue weighted by atomic mass is 9.64. The molecular formula is C16H15NO4. The number of carbonyl (C=O) groups excluding carboxylic acids is 2. The number of carbonyl (C=O) groups is 2. The van der Waals surface area contributed by atoms with Crippen LogP contribution in [-0.2, 0) is 14.3 Å². The zero-order chi connectivity index (χ0) is 15.5. The SMILES string of the molecule is C=C1C=C(C=O)C[C@@](C#N)(C(=O)OCC)[C@H]1c1ccco1. The number of esters is 1. The van der Waals surface area contributed by atoms with E-state index in [2.05, 4.69) is 6.58 Å². The molecule has 1 aromatic heterocycles. The van der Waals surface area contributed by atoms with Gasteiger partial charge >= 0.3 is 5.97 Å². The summed E-state index contributed by atoms with van der Waals surface area (Å²) >= 11 is 0. The van der Waals surface area contributed by atoms with Gasteiger partial charge in [0.1, 0.15) is 12.0 Å². The van der Waals surface area contributed by atoms with Crippen LogP contribution >= 0.6 is 0 Å². The normalized spacial score (nSPS) is 24.9. The van der Waals surface area contributed by atoms with Crippen LogP contribution in [0.15, 0.2) is 46.6 Å². The van der Waals surface area contributed by atoms with Crippen molar-refractivity contribution < 1.29 is 18.7 Å². The Bertz CT molecular complexity index is 636. The monoisotopic (exact) mass is 285 g/mol. The minimum absolute atomic E-state index is 0.0176. The number of aldehydes is 1. The maximum Gasteiger partial charge on any atom is 0.327 e. The van der Waals surface area contributed by atoms with Crippen LogP contribution < -0.4 is 0 Å². The Morgan fingerprint density at radius 2 is 2.48 bits per heavy atom. The molecule has 1 heterocycles. The van der Waals surface area contributed by atoms with Gasteiger partial charge in [0.05, 0.1) is 24.9 Å². The average Bonchev–Trinajstić information content (AvgIpc) is 2.99. The van der Waals surface area contributed by atoms with Gasteiger partial charge in [-0.25, -0.2) is 0 Å². The van der Waals surface area contributed by atoms with E-state index in [0.717, 1.165) is 0 Å². The quantitative estimate of drug-likeness (QED) is 0.627. The number of hydrogen-bond donors (Lipinski definition) is 0. The van der Waals surface area contributed by atoms with Crippen LogP contribution in [0, 0.1) is 16.7 Å². The molecule has 1 aliphatic carbocycles. The maximum atomic E-state index is 12.4. The van der Waals surface area contributed by atoms with Crippen molar-refractivity contribution in [2.24, 2.45) is 5.41 Å². The fourth-order valence-corrected chi connectivity index (χ4v) is 2.67. The van der Waals surface area contributed by atoms with Gasteiger partial charge in [-0.1, -0.05) is 12.7 Å². The Morgan fingerprint density at radius 3 is 3.00 bits per heavy atom. The third kappa shape index (κ3) is 2.40. The van der Waals surface area contributed by atoms with Gasteiger partial charge in [0, 0.05) is 6.42 Å². The Balaban J connectivity index is 2.59. The second-order valence-electron chi connectivity index (χ2n) is 4.84. The number of allylic oxidation sites excluding steroid dienone is 3. The van der Waals surface area contributed by atoms with Crippen molar-refractivity contribution >= 4 is 12.3 Å². The smallest absolute Gasteiger partial charge is 0.327 e. The lowest BCUT2D eigenvalue weighted by Crippen LogP contribution is -2.40. The zero-order valence-corrected chi connectivity index (χ0v) is 11.7. The van der Waals surface area contributed by atoms with Gasteiger partial charge in [0.2, 0.25) is 0 Å². The summed E-state index contributed by atoms with van der Waals surface area (Å²) < 4.78 is 10.4. The lowest BCUT2D eigenvalue weighted by molar-refractivity contribution is -0.153. The third-order valence-corrected chi connectivity index (χ3v) is 3.54. The Labute approximate surface area is 122 Å². The molecule has 0 bridgehead atoms. The highest BCUT2D eigenvalue weighted by molar-refractivity contribution is 5.87. The van der Waals surface area contributed by atoms with E-state index in [1.165, 1.54) is 6.26 Å². The first kappa shape index (κ1) is 14.8. The van der Waals surface area contributed by atoms with Crippen LogP contribution in [0.3, 0.4) is 0 Å². The number of rotatable bonds is 4. The Morgan fingerprint density at radius 1 is 1.71 bits per heavy atom. The second-order valence-corrected chi connectivity index (χ2v) is 4.84. The van der Waals surface area contributed by atoms with Crippen LogP contribution in [0.4, 0.5) is 0 Å². The number of ether oxygens (including phenoxy) is 1. The van der Waals surface area contributed by atoms with E-state index in [0.29, 0.717) is 23.2 Å². The van der Waals surface area contributed by atoms with E-state index >= 15 is 0 Å². The highest BCUT2D eigenvalue weighted by Crippen LogP contribution is 2.49. The van der Waals surface area contributed by atoms with E-state index in [1.807, 2.05) is 6.07 Å². The molecule has 0 radical (unpaired) electrons. The average molecular weight is 285 g/mol. The van der Waals surface area contributed by atoms with Crippen LogP contribution in [0.5, 0.6) is 0 Å². The van der Waals surface area contributed by atoms with E-state index in [1.54, 1.807) is 25.1 Å². The minimum atomic E-state index is -1.53. The minimum Gasteiger partial charge on any atom is -0.469 e. The largest absolute Gasteiger partial charge is 0.469 e. The molecule has 5 heteroatoms. The molecule has 2 atom stereocenters. The molecule has 0 amide bonds. The zero-order valence-electron chi connectivity index (χ0n) is 11.7. The summed E-state index contributed by atoms with van der Waals surface area (Å²) in [7, 11) is 0. The van der Waals surface area contributed by atoms with Crippen LogP contribution in [0.2, 0.25) is 0 Å². The molecule has 0 N–H and O–H groups in total. The van der Waals surface area contributed by atoms with E-state index < -0.39 is 17.3 Å². The van der Waals surface area contributed by atoms with Crippen LogP contribution in [0.1, 0.15) is 25.0 Å². The van der Waals surface area contributed by atoms with Gasteiger partial charge in [-0.15, -0.1) is 0 Å². The van der Waals surface area contributed by atoms with Crippen molar-refractivity contribution in [3.63, 3.8) is 0 Å². The molecule has 2 rings (SSSR count). The number of nitriles is 1. The lowest BCUT2D eigenvalue weighted by Gasteiger charge is -2.35. The number of furan rings is 1. The highest BCUT2D eigenvalue weighted by atomic mass is 16.5. The van der Waals surface area contributed by atoms with Crippen molar-refractivity contribution in [3.05, 3.63) is 48.0 Å². The number of nitrogens with zero attached hydrogens (tertiary/aromatic N) is 1. The maximum absolute atomic E-state index is 12.4. The summed E-state index contributed by atoms with van der Waals surface area (Å²) in [6.07, 6.45) is 3.68. The fourth-order valence-electron chi connectivity index (χ4n) is 2.67. The Hall–Kier alpha value is -2.61. The molecule has 108 valence electrons.